The second kappa shape index (κ2) is 6.11. The van der Waals surface area contributed by atoms with E-state index in [9.17, 15) is 9.59 Å². The Labute approximate surface area is 138 Å². The highest BCUT2D eigenvalue weighted by Gasteiger charge is 2.11. The van der Waals surface area contributed by atoms with E-state index in [2.05, 4.69) is 15.5 Å². The Balaban J connectivity index is 1.87. The van der Waals surface area contributed by atoms with E-state index in [1.807, 2.05) is 36.7 Å². The van der Waals surface area contributed by atoms with Crippen LogP contribution in [-0.4, -0.2) is 25.2 Å². The predicted octanol–water partition coefficient (Wildman–Crippen LogP) is 1.74. The molecule has 0 bridgehead atoms. The van der Waals surface area contributed by atoms with Crippen LogP contribution >= 0.6 is 0 Å². The lowest BCUT2D eigenvalue weighted by molar-refractivity contribution is 0.102. The minimum absolute atomic E-state index is 0.231. The van der Waals surface area contributed by atoms with Crippen molar-refractivity contribution in [2.24, 2.45) is 14.1 Å². The minimum atomic E-state index is -0.334. The molecule has 1 aromatic carbocycles. The molecule has 0 fully saturated rings. The standard InChI is InChI=1S/C17H17N5O2/c1-11-19-20-16(22(11)3)12-5-4-6-14(9-12)18-17(24)13-7-8-21(2)15(23)10-13/h4-10H,1-3H3,(H,18,24). The van der Waals surface area contributed by atoms with Crippen LogP contribution in [0, 0.1) is 6.92 Å². The molecule has 3 aromatic rings. The van der Waals surface area contributed by atoms with Gasteiger partial charge in [-0.2, -0.15) is 0 Å². The van der Waals surface area contributed by atoms with Crippen molar-refractivity contribution in [3.63, 3.8) is 0 Å². The Morgan fingerprint density at radius 1 is 1.12 bits per heavy atom. The Morgan fingerprint density at radius 2 is 1.92 bits per heavy atom. The van der Waals surface area contributed by atoms with Gasteiger partial charge in [-0.05, 0) is 25.1 Å². The maximum Gasteiger partial charge on any atom is 0.255 e. The van der Waals surface area contributed by atoms with E-state index in [4.69, 9.17) is 0 Å². The van der Waals surface area contributed by atoms with Crippen LogP contribution in [0.15, 0.2) is 47.4 Å². The Morgan fingerprint density at radius 3 is 2.58 bits per heavy atom. The summed E-state index contributed by atoms with van der Waals surface area (Å²) in [4.78, 5) is 23.9. The van der Waals surface area contributed by atoms with Gasteiger partial charge in [0.2, 0.25) is 0 Å². The van der Waals surface area contributed by atoms with Gasteiger partial charge >= 0.3 is 0 Å². The number of pyridine rings is 1. The summed E-state index contributed by atoms with van der Waals surface area (Å²) < 4.78 is 3.29. The highest BCUT2D eigenvalue weighted by atomic mass is 16.2. The van der Waals surface area contributed by atoms with Crippen molar-refractivity contribution in [1.82, 2.24) is 19.3 Å². The minimum Gasteiger partial charge on any atom is -0.322 e. The van der Waals surface area contributed by atoms with E-state index in [0.717, 1.165) is 17.2 Å². The molecule has 3 rings (SSSR count). The summed E-state index contributed by atoms with van der Waals surface area (Å²) in [5, 5.41) is 11.0. The van der Waals surface area contributed by atoms with E-state index >= 15 is 0 Å². The molecule has 0 spiro atoms. The normalized spacial score (nSPS) is 10.6. The van der Waals surface area contributed by atoms with E-state index in [1.54, 1.807) is 25.4 Å². The third kappa shape index (κ3) is 2.96. The van der Waals surface area contributed by atoms with E-state index in [0.29, 0.717) is 11.3 Å². The van der Waals surface area contributed by atoms with Gasteiger partial charge in [-0.1, -0.05) is 12.1 Å². The number of aryl methyl sites for hydroxylation is 2. The summed E-state index contributed by atoms with van der Waals surface area (Å²) in [5.74, 6) is 1.19. The van der Waals surface area contributed by atoms with Crippen LogP contribution in [0.4, 0.5) is 5.69 Å². The molecule has 0 aliphatic rings. The first kappa shape index (κ1) is 15.7. The number of rotatable bonds is 3. The molecule has 0 saturated carbocycles. The van der Waals surface area contributed by atoms with Gasteiger partial charge in [-0.25, -0.2) is 0 Å². The largest absolute Gasteiger partial charge is 0.322 e. The monoisotopic (exact) mass is 323 g/mol. The van der Waals surface area contributed by atoms with Crippen molar-refractivity contribution in [3.8, 4) is 11.4 Å². The van der Waals surface area contributed by atoms with E-state index < -0.39 is 0 Å². The van der Waals surface area contributed by atoms with Crippen LogP contribution in [0.5, 0.6) is 0 Å². The van der Waals surface area contributed by atoms with Crippen molar-refractivity contribution < 1.29 is 4.79 Å². The molecule has 7 heteroatoms. The molecule has 0 aliphatic heterocycles. The zero-order valence-electron chi connectivity index (χ0n) is 13.6. The molecule has 7 nitrogen and oxygen atoms in total. The summed E-state index contributed by atoms with van der Waals surface area (Å²) in [6, 6.07) is 10.3. The molecule has 0 aliphatic carbocycles. The van der Waals surface area contributed by atoms with Crippen molar-refractivity contribution in [3.05, 3.63) is 64.3 Å². The second-order valence-corrected chi connectivity index (χ2v) is 5.53. The molecule has 24 heavy (non-hydrogen) atoms. The lowest BCUT2D eigenvalue weighted by Crippen LogP contribution is -2.19. The van der Waals surface area contributed by atoms with Gasteiger partial charge in [-0.15, -0.1) is 10.2 Å². The SMILES string of the molecule is Cc1nnc(-c2cccc(NC(=O)c3ccn(C)c(=O)c3)c2)n1C. The molecule has 2 heterocycles. The van der Waals surface area contributed by atoms with Crippen LogP contribution in [0.25, 0.3) is 11.4 Å². The first-order chi connectivity index (χ1) is 11.5. The van der Waals surface area contributed by atoms with E-state index in [-0.39, 0.29) is 11.5 Å². The maximum atomic E-state index is 12.3. The average molecular weight is 323 g/mol. The highest BCUT2D eigenvalue weighted by molar-refractivity contribution is 6.04. The Bertz CT molecular complexity index is 971. The fourth-order valence-electron chi connectivity index (χ4n) is 2.29. The summed E-state index contributed by atoms with van der Waals surface area (Å²) in [5.41, 5.74) is 1.56. The highest BCUT2D eigenvalue weighted by Crippen LogP contribution is 2.21. The van der Waals surface area contributed by atoms with Crippen LogP contribution in [0.3, 0.4) is 0 Å². The Hall–Kier alpha value is -3.22. The third-order valence-electron chi connectivity index (χ3n) is 3.84. The van der Waals surface area contributed by atoms with Gasteiger partial charge in [0, 0.05) is 43.2 Å². The summed E-state index contributed by atoms with van der Waals surface area (Å²) in [7, 11) is 3.52. The van der Waals surface area contributed by atoms with Gasteiger partial charge < -0.3 is 14.5 Å². The number of aromatic nitrogens is 4. The van der Waals surface area contributed by atoms with Crippen LogP contribution in [-0.2, 0) is 14.1 Å². The zero-order chi connectivity index (χ0) is 17.3. The van der Waals surface area contributed by atoms with Gasteiger partial charge in [0.25, 0.3) is 11.5 Å². The maximum absolute atomic E-state index is 12.3. The van der Waals surface area contributed by atoms with Gasteiger partial charge in [0.1, 0.15) is 5.82 Å². The summed E-state index contributed by atoms with van der Waals surface area (Å²) in [6.07, 6.45) is 1.57. The van der Waals surface area contributed by atoms with Crippen molar-refractivity contribution in [2.75, 3.05) is 5.32 Å². The Kier molecular flexibility index (Phi) is 3.99. The topological polar surface area (TPSA) is 81.8 Å². The number of carbonyl (C=O) groups is 1. The molecule has 1 amide bonds. The van der Waals surface area contributed by atoms with Gasteiger partial charge in [0.15, 0.2) is 5.82 Å². The van der Waals surface area contributed by atoms with Gasteiger partial charge in [0.05, 0.1) is 0 Å². The lowest BCUT2D eigenvalue weighted by atomic mass is 10.1. The van der Waals surface area contributed by atoms with Crippen molar-refractivity contribution in [2.45, 2.75) is 6.92 Å². The molecule has 1 N–H and O–H groups in total. The molecule has 0 atom stereocenters. The number of hydrogen-bond donors (Lipinski definition) is 1. The number of benzene rings is 1. The number of amides is 1. The molecule has 122 valence electrons. The zero-order valence-corrected chi connectivity index (χ0v) is 13.6. The van der Waals surface area contributed by atoms with Crippen LogP contribution in [0.2, 0.25) is 0 Å². The van der Waals surface area contributed by atoms with Crippen LogP contribution in [0.1, 0.15) is 16.2 Å². The molecular weight excluding hydrogens is 306 g/mol. The third-order valence-corrected chi connectivity index (χ3v) is 3.84. The fourth-order valence-corrected chi connectivity index (χ4v) is 2.29. The first-order valence-electron chi connectivity index (χ1n) is 7.40. The quantitative estimate of drug-likeness (QED) is 0.796. The summed E-state index contributed by atoms with van der Waals surface area (Å²) in [6.45, 7) is 1.87. The van der Waals surface area contributed by atoms with Crippen molar-refractivity contribution >= 4 is 11.6 Å². The lowest BCUT2D eigenvalue weighted by Gasteiger charge is -2.08. The second-order valence-electron chi connectivity index (χ2n) is 5.53. The molecule has 2 aromatic heterocycles. The molecule has 0 radical (unpaired) electrons. The first-order valence-corrected chi connectivity index (χ1v) is 7.40. The smallest absolute Gasteiger partial charge is 0.255 e. The number of carbonyl (C=O) groups excluding carboxylic acids is 1. The fraction of sp³-hybridized carbons (Fsp3) is 0.176. The number of hydrogen-bond acceptors (Lipinski definition) is 4. The molecule has 0 unspecified atom stereocenters. The molecule has 0 saturated heterocycles. The number of nitrogens with one attached hydrogen (secondary N) is 1. The predicted molar refractivity (Wildman–Crippen MR) is 90.8 cm³/mol. The molecular formula is C17H17N5O2. The average Bonchev–Trinajstić information content (AvgIpc) is 2.90. The van der Waals surface area contributed by atoms with Crippen LogP contribution < -0.4 is 10.9 Å². The van der Waals surface area contributed by atoms with Gasteiger partial charge in [-0.3, -0.25) is 9.59 Å². The van der Waals surface area contributed by atoms with E-state index in [1.165, 1.54) is 10.6 Å². The summed E-state index contributed by atoms with van der Waals surface area (Å²) >= 11 is 0. The number of anilines is 1. The van der Waals surface area contributed by atoms with Crippen molar-refractivity contribution in [1.29, 1.82) is 0 Å². The number of nitrogens with zero attached hydrogens (tertiary/aromatic N) is 4.